The summed E-state index contributed by atoms with van der Waals surface area (Å²) in [5.74, 6) is 3.98. The van der Waals surface area contributed by atoms with E-state index in [0.717, 1.165) is 32.1 Å². The van der Waals surface area contributed by atoms with Crippen molar-refractivity contribution in [1.82, 2.24) is 0 Å². The molecule has 0 aliphatic heterocycles. The normalized spacial score (nSPS) is 33.7. The Morgan fingerprint density at radius 1 is 1.26 bits per heavy atom. The summed E-state index contributed by atoms with van der Waals surface area (Å²) in [6.45, 7) is -1.40. The molecule has 0 amide bonds. The lowest BCUT2D eigenvalue weighted by Crippen LogP contribution is -2.60. The van der Waals surface area contributed by atoms with Crippen molar-refractivity contribution in [2.45, 2.75) is 88.2 Å². The number of aliphatic hydroxyl groups is 2. The highest BCUT2D eigenvalue weighted by Crippen LogP contribution is 2.57. The van der Waals surface area contributed by atoms with E-state index in [1.807, 2.05) is 0 Å². The third-order valence-corrected chi connectivity index (χ3v) is 6.98. The van der Waals surface area contributed by atoms with Gasteiger partial charge in [0.05, 0.1) is 17.6 Å². The minimum atomic E-state index is -4.49. The molecule has 8 heteroatoms. The van der Waals surface area contributed by atoms with Gasteiger partial charge in [-0.25, -0.2) is 0 Å². The first-order valence-corrected chi connectivity index (χ1v) is 11.1. The Morgan fingerprint density at radius 3 is 2.61 bits per heavy atom. The van der Waals surface area contributed by atoms with Gasteiger partial charge in [0, 0.05) is 12.3 Å². The monoisotopic (exact) mass is 444 g/mol. The fourth-order valence-corrected chi connectivity index (χ4v) is 5.31. The van der Waals surface area contributed by atoms with Crippen LogP contribution in [-0.4, -0.2) is 51.9 Å². The van der Waals surface area contributed by atoms with Crippen molar-refractivity contribution in [2.24, 2.45) is 17.8 Å². The molecule has 174 valence electrons. The number of hydrogen-bond acceptors (Lipinski definition) is 4. The number of aliphatic hydroxyl groups excluding tert-OH is 2. The summed E-state index contributed by atoms with van der Waals surface area (Å²) in [6.07, 6.45) is 1.64. The zero-order chi connectivity index (χ0) is 22.6. The summed E-state index contributed by atoms with van der Waals surface area (Å²) in [5.41, 5.74) is -0.517. The van der Waals surface area contributed by atoms with E-state index in [1.165, 1.54) is 0 Å². The molecule has 0 saturated heterocycles. The maximum Gasteiger partial charge on any atom is 0.411 e. The number of fused-ring (bicyclic) bond motifs is 1. The second kappa shape index (κ2) is 9.93. The number of aliphatic carboxylic acids is 1. The molecule has 0 spiro atoms. The highest BCUT2D eigenvalue weighted by molar-refractivity contribution is 5.66. The van der Waals surface area contributed by atoms with Crippen molar-refractivity contribution >= 4 is 5.97 Å². The average molecular weight is 444 g/mol. The van der Waals surface area contributed by atoms with Crippen LogP contribution in [0.3, 0.4) is 0 Å². The summed E-state index contributed by atoms with van der Waals surface area (Å²) in [5, 5.41) is 29.8. The zero-order valence-corrected chi connectivity index (χ0v) is 17.5. The van der Waals surface area contributed by atoms with Gasteiger partial charge in [-0.15, -0.1) is 0 Å². The first kappa shape index (κ1) is 24.1. The zero-order valence-electron chi connectivity index (χ0n) is 17.5. The van der Waals surface area contributed by atoms with Gasteiger partial charge in [0.15, 0.2) is 0 Å². The van der Waals surface area contributed by atoms with E-state index >= 15 is 0 Å². The number of rotatable bonds is 6. The van der Waals surface area contributed by atoms with E-state index in [0.29, 0.717) is 12.0 Å². The van der Waals surface area contributed by atoms with Crippen LogP contribution in [0.1, 0.15) is 64.2 Å². The lowest BCUT2D eigenvalue weighted by Gasteiger charge is -2.57. The van der Waals surface area contributed by atoms with Crippen molar-refractivity contribution in [1.29, 1.82) is 0 Å². The van der Waals surface area contributed by atoms with Crippen molar-refractivity contribution in [3.63, 3.8) is 0 Å². The fraction of sp³-hybridized carbons (Fsp3) is 0.783. The van der Waals surface area contributed by atoms with Crippen LogP contribution >= 0.6 is 0 Å². The summed E-state index contributed by atoms with van der Waals surface area (Å²) in [7, 11) is 0. The Labute approximate surface area is 180 Å². The molecule has 3 N–H and O–H groups in total. The number of ether oxygens (including phenoxy) is 1. The smallest absolute Gasteiger partial charge is 0.411 e. The Morgan fingerprint density at radius 2 is 1.97 bits per heavy atom. The minimum absolute atomic E-state index is 0.0982. The van der Waals surface area contributed by atoms with Crippen molar-refractivity contribution in [2.75, 3.05) is 6.61 Å². The van der Waals surface area contributed by atoms with Gasteiger partial charge < -0.3 is 20.1 Å². The van der Waals surface area contributed by atoms with Gasteiger partial charge in [0.2, 0.25) is 0 Å². The molecule has 0 aromatic carbocycles. The fourth-order valence-electron chi connectivity index (χ4n) is 5.31. The first-order valence-electron chi connectivity index (χ1n) is 11.1. The summed E-state index contributed by atoms with van der Waals surface area (Å²) in [6, 6.07) is 0. The molecule has 5 nitrogen and oxygen atoms in total. The number of halogens is 3. The standard InChI is InChI=1S/C23H31F3O5/c24-23(25,26)14-31-22-12-11-20(28)17(9-10-19(27)15-5-2-1-3-6-15)18(22)13-16(22)7-4-8-21(29)30/h7,15,17-20,27-28H,1-6,8,11-14H2,(H,29,30)/b16-7-/t17-,18-,19?,20-,22+/m0/s1. The van der Waals surface area contributed by atoms with Crippen LogP contribution in [-0.2, 0) is 9.53 Å². The molecule has 3 saturated carbocycles. The Bertz CT molecular complexity index is 732. The number of alkyl halides is 3. The molecule has 3 fully saturated rings. The quantitative estimate of drug-likeness (QED) is 0.428. The molecule has 0 bridgehead atoms. The molecule has 3 aliphatic carbocycles. The van der Waals surface area contributed by atoms with Crippen LogP contribution in [0.2, 0.25) is 0 Å². The minimum Gasteiger partial charge on any atom is -0.481 e. The number of hydrogen-bond donors (Lipinski definition) is 3. The molecule has 31 heavy (non-hydrogen) atoms. The maximum absolute atomic E-state index is 12.9. The van der Waals surface area contributed by atoms with Crippen LogP contribution in [0.25, 0.3) is 0 Å². The summed E-state index contributed by atoms with van der Waals surface area (Å²) >= 11 is 0. The van der Waals surface area contributed by atoms with Gasteiger partial charge in [0.25, 0.3) is 0 Å². The number of carboxylic acid groups (broad SMARTS) is 1. The Balaban J connectivity index is 1.77. The van der Waals surface area contributed by atoms with E-state index in [2.05, 4.69) is 11.8 Å². The predicted molar refractivity (Wildman–Crippen MR) is 107 cm³/mol. The number of carbonyl (C=O) groups is 1. The molecular formula is C23H31F3O5. The summed E-state index contributed by atoms with van der Waals surface area (Å²) in [4.78, 5) is 10.8. The largest absolute Gasteiger partial charge is 0.481 e. The molecule has 3 aliphatic rings. The highest BCUT2D eigenvalue weighted by Gasteiger charge is 2.59. The second-order valence-electron chi connectivity index (χ2n) is 9.03. The molecule has 3 rings (SSSR count). The third kappa shape index (κ3) is 5.82. The van der Waals surface area contributed by atoms with Gasteiger partial charge in [-0.2, -0.15) is 13.2 Å². The van der Waals surface area contributed by atoms with Crippen molar-refractivity contribution < 1.29 is 38.0 Å². The highest BCUT2D eigenvalue weighted by atomic mass is 19.4. The van der Waals surface area contributed by atoms with Crippen LogP contribution in [0.4, 0.5) is 13.2 Å². The maximum atomic E-state index is 12.9. The predicted octanol–water partition coefficient (Wildman–Crippen LogP) is 3.83. The molecule has 0 aromatic heterocycles. The van der Waals surface area contributed by atoms with Crippen LogP contribution in [0.15, 0.2) is 11.6 Å². The van der Waals surface area contributed by atoms with Crippen molar-refractivity contribution in [3.8, 4) is 11.8 Å². The molecular weight excluding hydrogens is 413 g/mol. The molecule has 0 radical (unpaired) electrons. The molecule has 5 atom stereocenters. The lowest BCUT2D eigenvalue weighted by molar-refractivity contribution is -0.234. The molecule has 0 heterocycles. The van der Waals surface area contributed by atoms with E-state index < -0.39 is 48.4 Å². The number of allylic oxidation sites excluding steroid dienone is 1. The average Bonchev–Trinajstić information content (AvgIpc) is 2.70. The van der Waals surface area contributed by atoms with Crippen LogP contribution in [0.5, 0.6) is 0 Å². The molecule has 0 aromatic rings. The topological polar surface area (TPSA) is 87.0 Å². The van der Waals surface area contributed by atoms with Gasteiger partial charge in [0.1, 0.15) is 12.7 Å². The Kier molecular flexibility index (Phi) is 7.72. The van der Waals surface area contributed by atoms with Gasteiger partial charge >= 0.3 is 12.1 Å². The van der Waals surface area contributed by atoms with E-state index in [1.54, 1.807) is 6.08 Å². The van der Waals surface area contributed by atoms with E-state index in [-0.39, 0.29) is 31.6 Å². The van der Waals surface area contributed by atoms with Gasteiger partial charge in [-0.05, 0) is 50.0 Å². The lowest BCUT2D eigenvalue weighted by atomic mass is 9.53. The summed E-state index contributed by atoms with van der Waals surface area (Å²) < 4.78 is 44.2. The number of carboxylic acids is 1. The second-order valence-corrected chi connectivity index (χ2v) is 9.03. The van der Waals surface area contributed by atoms with E-state index in [4.69, 9.17) is 9.84 Å². The van der Waals surface area contributed by atoms with Gasteiger partial charge in [-0.1, -0.05) is 37.2 Å². The van der Waals surface area contributed by atoms with Crippen molar-refractivity contribution in [3.05, 3.63) is 11.6 Å². The Hall–Kier alpha value is -1.56. The molecule has 1 unspecified atom stereocenters. The van der Waals surface area contributed by atoms with Crippen LogP contribution in [0, 0.1) is 29.6 Å². The van der Waals surface area contributed by atoms with E-state index in [9.17, 15) is 28.2 Å². The third-order valence-electron chi connectivity index (χ3n) is 6.98. The SMILES string of the molecule is O=C(O)CC/C=C1/C[C@H]2[C@H](C#CC(O)C3CCCCC3)[C@@H](O)CC[C@@]12OCC(F)(F)F. The first-order chi connectivity index (χ1) is 14.6. The van der Waals surface area contributed by atoms with Crippen LogP contribution < -0.4 is 0 Å². The van der Waals surface area contributed by atoms with Gasteiger partial charge in [-0.3, -0.25) is 4.79 Å².